The van der Waals surface area contributed by atoms with Gasteiger partial charge in [-0.25, -0.2) is 0 Å². The number of carbonyl (C=O) groups excluding carboxylic acids is 1. The summed E-state index contributed by atoms with van der Waals surface area (Å²) in [5, 5.41) is 5.83. The molecule has 0 unspecified atom stereocenters. The molecule has 0 aliphatic heterocycles. The van der Waals surface area contributed by atoms with E-state index in [4.69, 9.17) is 10.3 Å². The molecule has 0 fully saturated rings. The summed E-state index contributed by atoms with van der Waals surface area (Å²) in [7, 11) is 1.59. The van der Waals surface area contributed by atoms with Crippen molar-refractivity contribution in [3.8, 4) is 0 Å². The molecule has 0 atom stereocenters. The molecule has 0 bridgehead atoms. The zero-order chi connectivity index (χ0) is 9.94. The first-order chi connectivity index (χ1) is 6.31. The van der Waals surface area contributed by atoms with Crippen LogP contribution >= 0.6 is 0 Å². The number of azide groups is 1. The van der Waals surface area contributed by atoms with Crippen molar-refractivity contribution in [1.82, 2.24) is 5.32 Å². The van der Waals surface area contributed by atoms with E-state index in [2.05, 4.69) is 15.3 Å². The van der Waals surface area contributed by atoms with Gasteiger partial charge in [-0.3, -0.25) is 4.79 Å². The van der Waals surface area contributed by atoms with Crippen molar-refractivity contribution in [1.29, 1.82) is 0 Å². The second kappa shape index (κ2) is 8.83. The summed E-state index contributed by atoms with van der Waals surface area (Å²) < 4.78 is 5.11. The largest absolute Gasteiger partial charge is 0.381 e. The van der Waals surface area contributed by atoms with Crippen LogP contribution in [0.1, 0.15) is 12.8 Å². The van der Waals surface area contributed by atoms with E-state index in [9.17, 15) is 4.79 Å². The summed E-state index contributed by atoms with van der Waals surface area (Å²) in [6, 6.07) is 0. The van der Waals surface area contributed by atoms with Crippen molar-refractivity contribution >= 4 is 5.91 Å². The predicted octanol–water partition coefficient (Wildman–Crippen LogP) is 0.839. The van der Waals surface area contributed by atoms with E-state index < -0.39 is 0 Å². The van der Waals surface area contributed by atoms with Crippen LogP contribution in [0.3, 0.4) is 0 Å². The highest BCUT2D eigenvalue weighted by molar-refractivity contribution is 5.75. The molecule has 1 amide bonds. The molecular weight excluding hydrogens is 172 g/mol. The number of carbonyl (C=O) groups is 1. The van der Waals surface area contributed by atoms with Gasteiger partial charge < -0.3 is 10.1 Å². The molecule has 0 aliphatic rings. The van der Waals surface area contributed by atoms with Gasteiger partial charge in [0, 0.05) is 31.5 Å². The van der Waals surface area contributed by atoms with Crippen LogP contribution in [0.25, 0.3) is 10.4 Å². The third-order valence-electron chi connectivity index (χ3n) is 1.36. The average molecular weight is 186 g/mol. The molecule has 0 aromatic heterocycles. The Labute approximate surface area is 76.9 Å². The number of ether oxygens (including phenoxy) is 1. The van der Waals surface area contributed by atoms with Crippen LogP contribution in [-0.2, 0) is 9.53 Å². The Kier molecular flexibility index (Phi) is 7.98. The number of hydrogen-bond acceptors (Lipinski definition) is 3. The minimum atomic E-state index is -0.0324. The highest BCUT2D eigenvalue weighted by Gasteiger charge is 1.96. The quantitative estimate of drug-likeness (QED) is 0.276. The number of rotatable bonds is 7. The van der Waals surface area contributed by atoms with E-state index >= 15 is 0 Å². The Morgan fingerprint density at radius 1 is 1.62 bits per heavy atom. The number of nitrogens with one attached hydrogen (secondary N) is 1. The summed E-state index contributed by atoms with van der Waals surface area (Å²) in [6.07, 6.45) is 1.07. The monoisotopic (exact) mass is 186 g/mol. The van der Waals surface area contributed by atoms with Crippen molar-refractivity contribution in [2.75, 3.05) is 26.8 Å². The van der Waals surface area contributed by atoms with E-state index in [1.54, 1.807) is 7.05 Å². The molecular formula is C7H14N4O2. The molecule has 0 spiro atoms. The number of amides is 1. The third kappa shape index (κ3) is 8.65. The minimum Gasteiger partial charge on any atom is -0.381 e. The summed E-state index contributed by atoms with van der Waals surface area (Å²) in [6.45, 7) is 1.38. The predicted molar refractivity (Wildman–Crippen MR) is 48.1 cm³/mol. The summed E-state index contributed by atoms with van der Waals surface area (Å²) >= 11 is 0. The fourth-order valence-corrected chi connectivity index (χ4v) is 0.674. The second-order valence-corrected chi connectivity index (χ2v) is 2.34. The maximum Gasteiger partial charge on any atom is 0.222 e. The van der Waals surface area contributed by atoms with Gasteiger partial charge in [0.15, 0.2) is 0 Å². The molecule has 0 saturated carbocycles. The smallest absolute Gasteiger partial charge is 0.222 e. The molecule has 0 radical (unpaired) electrons. The molecule has 0 saturated heterocycles. The highest BCUT2D eigenvalue weighted by atomic mass is 16.5. The average Bonchev–Trinajstić information content (AvgIpc) is 2.16. The summed E-state index contributed by atoms with van der Waals surface area (Å²) in [5.74, 6) is -0.0324. The SMILES string of the molecule is CNC(=O)CCOCCCN=[N+]=[N-]. The molecule has 0 aliphatic carbocycles. The van der Waals surface area contributed by atoms with Crippen LogP contribution < -0.4 is 5.32 Å². The van der Waals surface area contributed by atoms with Gasteiger partial charge in [0.25, 0.3) is 0 Å². The maximum atomic E-state index is 10.7. The van der Waals surface area contributed by atoms with Crippen molar-refractivity contribution in [3.05, 3.63) is 10.4 Å². The van der Waals surface area contributed by atoms with Crippen LogP contribution in [0, 0.1) is 0 Å². The van der Waals surface area contributed by atoms with Crippen molar-refractivity contribution in [2.24, 2.45) is 5.11 Å². The lowest BCUT2D eigenvalue weighted by molar-refractivity contribution is -0.121. The van der Waals surface area contributed by atoms with E-state index in [1.165, 1.54) is 0 Å². The lowest BCUT2D eigenvalue weighted by atomic mass is 10.4. The standard InChI is InChI=1S/C7H14N4O2/c1-9-7(12)3-6-13-5-2-4-10-11-8/h2-6H2,1H3,(H,9,12). The minimum absolute atomic E-state index is 0.0324. The number of nitrogens with zero attached hydrogens (tertiary/aromatic N) is 3. The van der Waals surface area contributed by atoms with E-state index in [0.29, 0.717) is 32.6 Å². The zero-order valence-corrected chi connectivity index (χ0v) is 7.69. The fourth-order valence-electron chi connectivity index (χ4n) is 0.674. The lowest BCUT2D eigenvalue weighted by Gasteiger charge is -2.01. The zero-order valence-electron chi connectivity index (χ0n) is 7.69. The lowest BCUT2D eigenvalue weighted by Crippen LogP contribution is -2.19. The van der Waals surface area contributed by atoms with Gasteiger partial charge >= 0.3 is 0 Å². The van der Waals surface area contributed by atoms with Crippen molar-refractivity contribution in [2.45, 2.75) is 12.8 Å². The molecule has 6 heteroatoms. The van der Waals surface area contributed by atoms with Gasteiger partial charge in [-0.2, -0.15) is 0 Å². The first-order valence-corrected chi connectivity index (χ1v) is 4.10. The normalized spacial score (nSPS) is 9.00. The first kappa shape index (κ1) is 11.7. The van der Waals surface area contributed by atoms with Crippen LogP contribution in [0.4, 0.5) is 0 Å². The Bertz CT molecular complexity index is 189. The highest BCUT2D eigenvalue weighted by Crippen LogP contribution is 1.87. The molecule has 0 rings (SSSR count). The van der Waals surface area contributed by atoms with Crippen molar-refractivity contribution < 1.29 is 9.53 Å². The molecule has 6 nitrogen and oxygen atoms in total. The maximum absolute atomic E-state index is 10.7. The number of hydrogen-bond donors (Lipinski definition) is 1. The van der Waals surface area contributed by atoms with E-state index in [0.717, 1.165) is 0 Å². The fraction of sp³-hybridized carbons (Fsp3) is 0.857. The molecule has 0 aromatic carbocycles. The van der Waals surface area contributed by atoms with E-state index in [-0.39, 0.29) is 5.91 Å². The van der Waals surface area contributed by atoms with Gasteiger partial charge in [-0.15, -0.1) is 0 Å². The Hall–Kier alpha value is -1.26. The topological polar surface area (TPSA) is 87.1 Å². The molecule has 0 heterocycles. The Morgan fingerprint density at radius 2 is 2.38 bits per heavy atom. The van der Waals surface area contributed by atoms with E-state index in [1.807, 2.05) is 0 Å². The van der Waals surface area contributed by atoms with Gasteiger partial charge in [-0.1, -0.05) is 5.11 Å². The van der Waals surface area contributed by atoms with Crippen molar-refractivity contribution in [3.63, 3.8) is 0 Å². The van der Waals surface area contributed by atoms with Crippen LogP contribution in [0.2, 0.25) is 0 Å². The summed E-state index contributed by atoms with van der Waals surface area (Å²) in [5.41, 5.74) is 7.94. The van der Waals surface area contributed by atoms with Crippen LogP contribution in [-0.4, -0.2) is 32.7 Å². The summed E-state index contributed by atoms with van der Waals surface area (Å²) in [4.78, 5) is 13.3. The molecule has 0 aromatic rings. The first-order valence-electron chi connectivity index (χ1n) is 4.10. The Morgan fingerprint density at radius 3 is 3.00 bits per heavy atom. The molecule has 74 valence electrons. The third-order valence-corrected chi connectivity index (χ3v) is 1.36. The van der Waals surface area contributed by atoms with Crippen LogP contribution in [0.5, 0.6) is 0 Å². The van der Waals surface area contributed by atoms with Gasteiger partial charge in [0.2, 0.25) is 5.91 Å². The second-order valence-electron chi connectivity index (χ2n) is 2.34. The van der Waals surface area contributed by atoms with Gasteiger partial charge in [0.05, 0.1) is 6.61 Å². The van der Waals surface area contributed by atoms with Gasteiger partial charge in [-0.05, 0) is 12.0 Å². The Balaban J connectivity index is 3.08. The van der Waals surface area contributed by atoms with Gasteiger partial charge in [0.1, 0.15) is 0 Å². The molecule has 1 N–H and O–H groups in total. The molecule has 13 heavy (non-hydrogen) atoms. The van der Waals surface area contributed by atoms with Crippen LogP contribution in [0.15, 0.2) is 5.11 Å².